The number of morpholine rings is 1. The number of aromatic nitrogens is 2. The zero-order valence-electron chi connectivity index (χ0n) is 14.5. The van der Waals surface area contributed by atoms with Gasteiger partial charge in [0.2, 0.25) is 0 Å². The predicted octanol–water partition coefficient (Wildman–Crippen LogP) is 2.19. The molecule has 0 radical (unpaired) electrons. The number of nitrogens with zero attached hydrogens (tertiary/aromatic N) is 2. The van der Waals surface area contributed by atoms with Gasteiger partial charge in [0.25, 0.3) is 5.91 Å². The predicted molar refractivity (Wildman–Crippen MR) is 99.9 cm³/mol. The molecule has 26 heavy (non-hydrogen) atoms. The summed E-state index contributed by atoms with van der Waals surface area (Å²) in [5.74, 6) is -0.175. The second kappa shape index (κ2) is 7.68. The van der Waals surface area contributed by atoms with Crippen LogP contribution in [0.1, 0.15) is 16.1 Å². The molecule has 1 amide bonds. The molecule has 0 spiro atoms. The highest BCUT2D eigenvalue weighted by Crippen LogP contribution is 2.15. The van der Waals surface area contributed by atoms with E-state index in [4.69, 9.17) is 4.74 Å². The lowest BCUT2D eigenvalue weighted by atomic mass is 10.2. The third-order valence-corrected chi connectivity index (χ3v) is 4.65. The first-order valence-electron chi connectivity index (χ1n) is 8.89. The summed E-state index contributed by atoms with van der Waals surface area (Å²) in [5.41, 5.74) is 2.58. The minimum atomic E-state index is -0.175. The van der Waals surface area contributed by atoms with Gasteiger partial charge in [0.1, 0.15) is 0 Å². The Morgan fingerprint density at radius 2 is 2.00 bits per heavy atom. The Hall–Kier alpha value is -2.70. The molecule has 1 aliphatic heterocycles. The molecule has 2 heterocycles. The number of nitrogens with one attached hydrogen (secondary N) is 2. The summed E-state index contributed by atoms with van der Waals surface area (Å²) in [6.07, 6.45) is -0.0124. The molecular formula is C20H22N4O2. The van der Waals surface area contributed by atoms with Crippen LogP contribution >= 0.6 is 0 Å². The second-order valence-corrected chi connectivity index (χ2v) is 6.54. The number of hydrogen-bond acceptors (Lipinski definition) is 4. The second-order valence-electron chi connectivity index (χ2n) is 6.54. The number of aromatic amines is 1. The minimum Gasteiger partial charge on any atom is -0.374 e. The van der Waals surface area contributed by atoms with Gasteiger partial charge in [-0.1, -0.05) is 48.5 Å². The number of para-hydroxylation sites is 1. The number of amides is 1. The Morgan fingerprint density at radius 1 is 1.19 bits per heavy atom. The Kier molecular flexibility index (Phi) is 4.95. The summed E-state index contributed by atoms with van der Waals surface area (Å²) in [4.78, 5) is 14.8. The lowest BCUT2D eigenvalue weighted by molar-refractivity contribution is -0.0292. The molecule has 1 fully saturated rings. The smallest absolute Gasteiger partial charge is 0.272 e. The van der Waals surface area contributed by atoms with Crippen molar-refractivity contribution < 1.29 is 9.53 Å². The molecule has 1 atom stereocenters. The van der Waals surface area contributed by atoms with Gasteiger partial charge < -0.3 is 10.1 Å². The molecule has 0 bridgehead atoms. The lowest BCUT2D eigenvalue weighted by Crippen LogP contribution is -2.47. The summed E-state index contributed by atoms with van der Waals surface area (Å²) in [6, 6.07) is 18.0. The summed E-state index contributed by atoms with van der Waals surface area (Å²) >= 11 is 0. The Bertz CT molecular complexity index is 878. The SMILES string of the molecule is O=C(NC[C@@H]1CN(Cc2ccccc2)CCO1)c1n[nH]c2ccccc12. The topological polar surface area (TPSA) is 70.2 Å². The van der Waals surface area contributed by atoms with Crippen LogP contribution in [0, 0.1) is 0 Å². The van der Waals surface area contributed by atoms with E-state index in [1.807, 2.05) is 30.3 Å². The van der Waals surface area contributed by atoms with Gasteiger partial charge in [-0.05, 0) is 11.6 Å². The van der Waals surface area contributed by atoms with Crippen molar-refractivity contribution in [2.75, 3.05) is 26.2 Å². The number of ether oxygens (including phenoxy) is 1. The molecule has 1 aliphatic rings. The van der Waals surface area contributed by atoms with E-state index in [1.165, 1.54) is 5.56 Å². The van der Waals surface area contributed by atoms with Crippen LogP contribution in [-0.4, -0.2) is 53.3 Å². The van der Waals surface area contributed by atoms with Crippen molar-refractivity contribution in [3.63, 3.8) is 0 Å². The average molecular weight is 350 g/mol. The molecule has 0 aliphatic carbocycles. The van der Waals surface area contributed by atoms with Crippen LogP contribution in [0.25, 0.3) is 10.9 Å². The third kappa shape index (κ3) is 3.76. The molecule has 134 valence electrons. The molecule has 3 aromatic rings. The maximum Gasteiger partial charge on any atom is 0.272 e. The molecule has 2 N–H and O–H groups in total. The maximum absolute atomic E-state index is 12.5. The fourth-order valence-electron chi connectivity index (χ4n) is 3.32. The highest BCUT2D eigenvalue weighted by atomic mass is 16.5. The van der Waals surface area contributed by atoms with E-state index >= 15 is 0 Å². The fraction of sp³-hybridized carbons (Fsp3) is 0.300. The van der Waals surface area contributed by atoms with E-state index in [9.17, 15) is 4.79 Å². The van der Waals surface area contributed by atoms with E-state index in [-0.39, 0.29) is 12.0 Å². The molecule has 0 saturated carbocycles. The molecule has 4 rings (SSSR count). The van der Waals surface area contributed by atoms with E-state index < -0.39 is 0 Å². The van der Waals surface area contributed by atoms with Crippen molar-refractivity contribution in [2.24, 2.45) is 0 Å². The highest BCUT2D eigenvalue weighted by Gasteiger charge is 2.22. The quantitative estimate of drug-likeness (QED) is 0.740. The monoisotopic (exact) mass is 350 g/mol. The number of fused-ring (bicyclic) bond motifs is 1. The van der Waals surface area contributed by atoms with Gasteiger partial charge in [0, 0.05) is 31.6 Å². The average Bonchev–Trinajstić information content (AvgIpc) is 3.11. The van der Waals surface area contributed by atoms with Crippen LogP contribution in [0.2, 0.25) is 0 Å². The van der Waals surface area contributed by atoms with Crippen LogP contribution in [0.15, 0.2) is 54.6 Å². The van der Waals surface area contributed by atoms with Gasteiger partial charge >= 0.3 is 0 Å². The maximum atomic E-state index is 12.5. The van der Waals surface area contributed by atoms with Crippen LogP contribution in [-0.2, 0) is 11.3 Å². The molecule has 1 aromatic heterocycles. The van der Waals surface area contributed by atoms with E-state index in [0.717, 1.165) is 30.5 Å². The number of rotatable bonds is 5. The number of hydrogen-bond donors (Lipinski definition) is 2. The van der Waals surface area contributed by atoms with Crippen molar-refractivity contribution in [2.45, 2.75) is 12.6 Å². The normalized spacial score (nSPS) is 18.1. The first-order valence-corrected chi connectivity index (χ1v) is 8.89. The first-order chi connectivity index (χ1) is 12.8. The number of H-pyrrole nitrogens is 1. The molecule has 2 aromatic carbocycles. The van der Waals surface area contributed by atoms with Crippen molar-refractivity contribution in [3.8, 4) is 0 Å². The Labute approximate surface area is 152 Å². The summed E-state index contributed by atoms with van der Waals surface area (Å²) < 4.78 is 5.82. The molecule has 6 nitrogen and oxygen atoms in total. The van der Waals surface area contributed by atoms with Gasteiger partial charge in [0.15, 0.2) is 5.69 Å². The van der Waals surface area contributed by atoms with E-state index in [1.54, 1.807) is 0 Å². The van der Waals surface area contributed by atoms with Crippen LogP contribution < -0.4 is 5.32 Å². The Morgan fingerprint density at radius 3 is 2.88 bits per heavy atom. The zero-order valence-corrected chi connectivity index (χ0v) is 14.5. The Balaban J connectivity index is 1.33. The summed E-state index contributed by atoms with van der Waals surface area (Å²) in [5, 5.41) is 10.8. The lowest BCUT2D eigenvalue weighted by Gasteiger charge is -2.33. The molecule has 6 heteroatoms. The van der Waals surface area contributed by atoms with Crippen LogP contribution in [0.4, 0.5) is 0 Å². The van der Waals surface area contributed by atoms with Gasteiger partial charge in [-0.15, -0.1) is 0 Å². The fourth-order valence-corrected chi connectivity index (χ4v) is 3.32. The molecule has 0 unspecified atom stereocenters. The largest absolute Gasteiger partial charge is 0.374 e. The zero-order chi connectivity index (χ0) is 17.8. The number of carbonyl (C=O) groups is 1. The molecule has 1 saturated heterocycles. The molecular weight excluding hydrogens is 328 g/mol. The van der Waals surface area contributed by atoms with E-state index in [2.05, 4.69) is 44.7 Å². The van der Waals surface area contributed by atoms with Crippen LogP contribution in [0.5, 0.6) is 0 Å². The number of carbonyl (C=O) groups excluding carboxylic acids is 1. The van der Waals surface area contributed by atoms with Gasteiger partial charge in [-0.25, -0.2) is 0 Å². The standard InChI is InChI=1S/C20H22N4O2/c25-20(19-17-8-4-5-9-18(17)22-23-19)21-12-16-14-24(10-11-26-16)13-15-6-2-1-3-7-15/h1-9,16H,10-14H2,(H,21,25)(H,22,23)/t16-/m1/s1. The van der Waals surface area contributed by atoms with Gasteiger partial charge in [-0.2, -0.15) is 5.10 Å². The third-order valence-electron chi connectivity index (χ3n) is 4.65. The van der Waals surface area contributed by atoms with Gasteiger partial charge in [0.05, 0.1) is 18.2 Å². The van der Waals surface area contributed by atoms with Crippen LogP contribution in [0.3, 0.4) is 0 Å². The van der Waals surface area contributed by atoms with Crippen molar-refractivity contribution in [3.05, 3.63) is 65.9 Å². The van der Waals surface area contributed by atoms with Crippen molar-refractivity contribution in [1.29, 1.82) is 0 Å². The number of benzene rings is 2. The van der Waals surface area contributed by atoms with Crippen molar-refractivity contribution in [1.82, 2.24) is 20.4 Å². The highest BCUT2D eigenvalue weighted by molar-refractivity contribution is 6.04. The summed E-state index contributed by atoms with van der Waals surface area (Å²) in [6.45, 7) is 3.77. The minimum absolute atomic E-state index is 0.0124. The first kappa shape index (κ1) is 16.8. The van der Waals surface area contributed by atoms with Gasteiger partial charge in [-0.3, -0.25) is 14.8 Å². The summed E-state index contributed by atoms with van der Waals surface area (Å²) in [7, 11) is 0. The van der Waals surface area contributed by atoms with Crippen molar-refractivity contribution >= 4 is 16.8 Å². The van der Waals surface area contributed by atoms with E-state index in [0.29, 0.717) is 18.8 Å².